The Labute approximate surface area is 85.3 Å². The van der Waals surface area contributed by atoms with Crippen LogP contribution >= 0.6 is 12.6 Å². The Morgan fingerprint density at radius 2 is 1.77 bits per heavy atom. The number of aryl methyl sites for hydroxylation is 1. The van der Waals surface area contributed by atoms with E-state index in [4.69, 9.17) is 0 Å². The van der Waals surface area contributed by atoms with Gasteiger partial charge in [-0.25, -0.2) is 0 Å². The molecular weight excluding hydrogens is 178 g/mol. The maximum Gasteiger partial charge on any atom is 0.0300 e. The molecule has 1 nitrogen and oxygen atoms in total. The van der Waals surface area contributed by atoms with Gasteiger partial charge in [-0.3, -0.25) is 0 Å². The van der Waals surface area contributed by atoms with Crippen LogP contribution in [0.2, 0.25) is 0 Å². The molecule has 0 unspecified atom stereocenters. The molecule has 0 aliphatic heterocycles. The van der Waals surface area contributed by atoms with Gasteiger partial charge >= 0.3 is 0 Å². The molecule has 1 aromatic rings. The molecule has 2 heteroatoms. The number of hydrogen-bond acceptors (Lipinski definition) is 2. The van der Waals surface area contributed by atoms with Gasteiger partial charge < -0.3 is 5.32 Å². The van der Waals surface area contributed by atoms with Gasteiger partial charge in [0.15, 0.2) is 0 Å². The lowest BCUT2D eigenvalue weighted by atomic mass is 10.1. The maximum atomic E-state index is 4.45. The maximum absolute atomic E-state index is 4.45. The highest BCUT2D eigenvalue weighted by atomic mass is 32.1. The summed E-state index contributed by atoms with van der Waals surface area (Å²) < 4.78 is 0. The van der Waals surface area contributed by atoms with Crippen molar-refractivity contribution in [2.45, 2.75) is 13.8 Å². The summed E-state index contributed by atoms with van der Waals surface area (Å²) in [5, 5.41) is 3.08. The predicted molar refractivity (Wildman–Crippen MR) is 61.8 cm³/mol. The fraction of sp³-hybridized carbons (Fsp3) is 0.273. The van der Waals surface area contributed by atoms with E-state index in [9.17, 15) is 0 Å². The summed E-state index contributed by atoms with van der Waals surface area (Å²) in [7, 11) is 1.90. The Bertz CT molecular complexity index is 311. The Hall–Kier alpha value is -0.890. The van der Waals surface area contributed by atoms with Crippen molar-refractivity contribution in [3.05, 3.63) is 41.1 Å². The molecule has 0 spiro atoms. The Kier molecular flexibility index (Phi) is 3.43. The molecule has 0 saturated carbocycles. The van der Waals surface area contributed by atoms with Crippen molar-refractivity contribution in [3.8, 4) is 0 Å². The van der Waals surface area contributed by atoms with Crippen LogP contribution in [0.1, 0.15) is 18.1 Å². The minimum atomic E-state index is 1.00. The van der Waals surface area contributed by atoms with E-state index in [1.165, 1.54) is 5.56 Å². The van der Waals surface area contributed by atoms with Gasteiger partial charge in [-0.2, -0.15) is 0 Å². The molecule has 0 atom stereocenters. The van der Waals surface area contributed by atoms with E-state index in [2.05, 4.69) is 49.1 Å². The lowest BCUT2D eigenvalue weighted by Gasteiger charge is -2.06. The van der Waals surface area contributed by atoms with Crippen LogP contribution in [0.4, 0.5) is 0 Å². The third kappa shape index (κ3) is 2.52. The molecule has 13 heavy (non-hydrogen) atoms. The first-order valence-electron chi connectivity index (χ1n) is 4.29. The summed E-state index contributed by atoms with van der Waals surface area (Å²) in [6.45, 7) is 4.10. The Balaban J connectivity index is 3.02. The molecule has 1 rings (SSSR count). The van der Waals surface area contributed by atoms with E-state index in [0.717, 1.165) is 16.2 Å². The highest BCUT2D eigenvalue weighted by Gasteiger charge is 1.98. The number of allylic oxidation sites excluding steroid dienone is 1. The topological polar surface area (TPSA) is 12.0 Å². The Morgan fingerprint density at radius 3 is 2.23 bits per heavy atom. The molecule has 0 fully saturated rings. The van der Waals surface area contributed by atoms with Gasteiger partial charge in [0.05, 0.1) is 0 Å². The fourth-order valence-electron chi connectivity index (χ4n) is 1.05. The van der Waals surface area contributed by atoms with Gasteiger partial charge in [-0.15, -0.1) is 12.6 Å². The van der Waals surface area contributed by atoms with Gasteiger partial charge in [-0.1, -0.05) is 29.8 Å². The summed E-state index contributed by atoms with van der Waals surface area (Å²) in [4.78, 5) is 1.00. The van der Waals surface area contributed by atoms with Crippen molar-refractivity contribution in [1.82, 2.24) is 5.32 Å². The van der Waals surface area contributed by atoms with Crippen LogP contribution in [-0.4, -0.2) is 7.05 Å². The van der Waals surface area contributed by atoms with Crippen LogP contribution in [0.5, 0.6) is 0 Å². The second-order valence-corrected chi connectivity index (χ2v) is 3.54. The first-order valence-corrected chi connectivity index (χ1v) is 4.74. The third-order valence-electron chi connectivity index (χ3n) is 2.06. The Morgan fingerprint density at radius 1 is 1.23 bits per heavy atom. The lowest BCUT2D eigenvalue weighted by Crippen LogP contribution is -2.03. The average molecular weight is 193 g/mol. The standard InChI is InChI=1S/C11H15NS/c1-8-4-6-10(7-5-8)11(13)9(2)12-3/h4-7,12-13H,1-3H3/b11-9-. The van der Waals surface area contributed by atoms with Crippen LogP contribution in [0.15, 0.2) is 30.0 Å². The SMILES string of the molecule is CN/C(C)=C(\S)c1ccc(C)cc1. The molecule has 0 aliphatic rings. The smallest absolute Gasteiger partial charge is 0.0300 e. The fourth-order valence-corrected chi connectivity index (χ4v) is 1.31. The molecule has 0 bridgehead atoms. The highest BCUT2D eigenvalue weighted by Crippen LogP contribution is 2.21. The number of nitrogens with one attached hydrogen (secondary N) is 1. The predicted octanol–water partition coefficient (Wildman–Crippen LogP) is 2.83. The molecule has 0 saturated heterocycles. The first-order chi connectivity index (χ1) is 6.15. The van der Waals surface area contributed by atoms with Gasteiger partial charge in [0.1, 0.15) is 0 Å². The first kappa shape index (κ1) is 10.2. The summed E-state index contributed by atoms with van der Waals surface area (Å²) in [5.41, 5.74) is 3.51. The van der Waals surface area contributed by atoms with Gasteiger partial charge in [-0.05, 0) is 19.4 Å². The van der Waals surface area contributed by atoms with E-state index in [0.29, 0.717) is 0 Å². The average Bonchev–Trinajstić information content (AvgIpc) is 2.17. The van der Waals surface area contributed by atoms with E-state index in [1.54, 1.807) is 0 Å². The number of benzene rings is 1. The van der Waals surface area contributed by atoms with Crippen LogP contribution in [0.3, 0.4) is 0 Å². The van der Waals surface area contributed by atoms with Gasteiger partial charge in [0.25, 0.3) is 0 Å². The molecule has 0 aliphatic carbocycles. The minimum absolute atomic E-state index is 1.00. The van der Waals surface area contributed by atoms with E-state index in [1.807, 2.05) is 14.0 Å². The number of rotatable bonds is 2. The highest BCUT2D eigenvalue weighted by molar-refractivity contribution is 7.90. The molecule has 0 heterocycles. The van der Waals surface area contributed by atoms with Crippen LogP contribution in [0, 0.1) is 6.92 Å². The van der Waals surface area contributed by atoms with E-state index in [-0.39, 0.29) is 0 Å². The van der Waals surface area contributed by atoms with Gasteiger partial charge in [0, 0.05) is 17.6 Å². The van der Waals surface area contributed by atoms with Crippen LogP contribution in [-0.2, 0) is 0 Å². The third-order valence-corrected chi connectivity index (χ3v) is 2.65. The number of thiol groups is 1. The summed E-state index contributed by atoms with van der Waals surface area (Å²) >= 11 is 4.45. The molecular formula is C11H15NS. The molecule has 1 N–H and O–H groups in total. The zero-order valence-electron chi connectivity index (χ0n) is 8.26. The van der Waals surface area contributed by atoms with Crippen LogP contribution in [0.25, 0.3) is 4.91 Å². The zero-order chi connectivity index (χ0) is 9.84. The number of hydrogen-bond donors (Lipinski definition) is 2. The van der Waals surface area contributed by atoms with E-state index >= 15 is 0 Å². The van der Waals surface area contributed by atoms with E-state index < -0.39 is 0 Å². The largest absolute Gasteiger partial charge is 0.391 e. The van der Waals surface area contributed by atoms with Gasteiger partial charge in [0.2, 0.25) is 0 Å². The molecule has 1 aromatic carbocycles. The summed E-state index contributed by atoms with van der Waals surface area (Å²) in [6, 6.07) is 8.35. The second-order valence-electron chi connectivity index (χ2n) is 3.09. The normalized spacial score (nSPS) is 12.3. The monoisotopic (exact) mass is 193 g/mol. The lowest BCUT2D eigenvalue weighted by molar-refractivity contribution is 1.000. The molecule has 70 valence electrons. The van der Waals surface area contributed by atoms with Crippen molar-refractivity contribution in [2.24, 2.45) is 0 Å². The van der Waals surface area contributed by atoms with Crippen molar-refractivity contribution in [1.29, 1.82) is 0 Å². The second kappa shape index (κ2) is 4.38. The van der Waals surface area contributed by atoms with Crippen molar-refractivity contribution in [3.63, 3.8) is 0 Å². The van der Waals surface area contributed by atoms with Crippen molar-refractivity contribution >= 4 is 17.5 Å². The quantitative estimate of drug-likeness (QED) is 0.688. The van der Waals surface area contributed by atoms with Crippen LogP contribution < -0.4 is 5.32 Å². The molecule has 0 aromatic heterocycles. The molecule has 0 amide bonds. The van der Waals surface area contributed by atoms with Crippen molar-refractivity contribution < 1.29 is 0 Å². The summed E-state index contributed by atoms with van der Waals surface area (Å²) in [6.07, 6.45) is 0. The minimum Gasteiger partial charge on any atom is -0.391 e. The van der Waals surface area contributed by atoms with Crippen molar-refractivity contribution in [2.75, 3.05) is 7.05 Å². The zero-order valence-corrected chi connectivity index (χ0v) is 9.15. The summed E-state index contributed by atoms with van der Waals surface area (Å²) in [5.74, 6) is 0. The molecule has 0 radical (unpaired) electrons.